The lowest BCUT2D eigenvalue weighted by Crippen LogP contribution is -2.32. The first-order valence-corrected chi connectivity index (χ1v) is 6.43. The van der Waals surface area contributed by atoms with Crippen molar-refractivity contribution >= 4 is 11.6 Å². The quantitative estimate of drug-likeness (QED) is 0.817. The Bertz CT molecular complexity index is 352. The summed E-state index contributed by atoms with van der Waals surface area (Å²) in [6.07, 6.45) is 0.801. The van der Waals surface area contributed by atoms with Crippen LogP contribution in [-0.2, 0) is 0 Å². The van der Waals surface area contributed by atoms with E-state index in [1.807, 2.05) is 24.3 Å². The van der Waals surface area contributed by atoms with Crippen LogP contribution in [0.5, 0.6) is 0 Å². The van der Waals surface area contributed by atoms with Gasteiger partial charge in [-0.1, -0.05) is 43.6 Å². The highest BCUT2D eigenvalue weighted by Gasteiger charge is 2.18. The first kappa shape index (κ1) is 14.5. The molecule has 0 saturated heterocycles. The summed E-state index contributed by atoms with van der Waals surface area (Å²) < 4.78 is 0. The molecule has 0 radical (unpaired) electrons. The molecular formula is C14H22ClNO. The molecule has 0 aliphatic heterocycles. The maximum Gasteiger partial charge on any atom is 0.0453 e. The molecular weight excluding hydrogens is 234 g/mol. The van der Waals surface area contributed by atoms with E-state index in [2.05, 4.69) is 26.1 Å². The van der Waals surface area contributed by atoms with E-state index in [0.29, 0.717) is 0 Å². The molecule has 2 nitrogen and oxygen atoms in total. The second-order valence-corrected chi connectivity index (χ2v) is 5.67. The van der Waals surface area contributed by atoms with Crippen LogP contribution in [0.25, 0.3) is 0 Å². The first-order valence-electron chi connectivity index (χ1n) is 6.05. The van der Waals surface area contributed by atoms with Crippen molar-refractivity contribution < 1.29 is 5.11 Å². The Morgan fingerprint density at radius 2 is 2.00 bits per heavy atom. The lowest BCUT2D eigenvalue weighted by molar-refractivity contribution is 0.204. The van der Waals surface area contributed by atoms with Crippen LogP contribution in [-0.4, -0.2) is 18.3 Å². The molecule has 0 amide bonds. The predicted octanol–water partition coefficient (Wildman–Crippen LogP) is 3.40. The fourth-order valence-corrected chi connectivity index (χ4v) is 2.06. The largest absolute Gasteiger partial charge is 0.396 e. The van der Waals surface area contributed by atoms with Gasteiger partial charge in [0.25, 0.3) is 0 Å². The van der Waals surface area contributed by atoms with Gasteiger partial charge in [-0.2, -0.15) is 0 Å². The summed E-state index contributed by atoms with van der Waals surface area (Å²) in [6.45, 7) is 7.50. The molecule has 1 rings (SSSR count). The van der Waals surface area contributed by atoms with Crippen molar-refractivity contribution in [1.29, 1.82) is 0 Å². The van der Waals surface area contributed by atoms with Gasteiger partial charge in [0, 0.05) is 24.2 Å². The lowest BCUT2D eigenvalue weighted by atomic mass is 9.89. The van der Waals surface area contributed by atoms with Crippen LogP contribution in [0, 0.1) is 5.41 Å². The maximum absolute atomic E-state index is 8.98. The molecule has 2 N–H and O–H groups in total. The Balaban J connectivity index is 2.56. The molecule has 1 aromatic carbocycles. The average Bonchev–Trinajstić information content (AvgIpc) is 2.27. The highest BCUT2D eigenvalue weighted by atomic mass is 35.5. The fraction of sp³-hybridized carbons (Fsp3) is 0.571. The second kappa shape index (κ2) is 6.39. The highest BCUT2D eigenvalue weighted by molar-refractivity contribution is 6.31. The molecule has 1 aromatic rings. The van der Waals surface area contributed by atoms with E-state index in [9.17, 15) is 0 Å². The molecule has 0 spiro atoms. The van der Waals surface area contributed by atoms with E-state index in [4.69, 9.17) is 16.7 Å². The lowest BCUT2D eigenvalue weighted by Gasteiger charge is -2.27. The molecule has 0 aromatic heterocycles. The molecule has 1 unspecified atom stereocenters. The van der Waals surface area contributed by atoms with Crippen molar-refractivity contribution in [2.45, 2.75) is 33.2 Å². The van der Waals surface area contributed by atoms with Gasteiger partial charge in [0.1, 0.15) is 0 Å². The fourth-order valence-electron chi connectivity index (χ4n) is 1.76. The number of nitrogens with one attached hydrogen (secondary N) is 1. The summed E-state index contributed by atoms with van der Waals surface area (Å²) in [7, 11) is 0. The average molecular weight is 256 g/mol. The Hall–Kier alpha value is -0.570. The Kier molecular flexibility index (Phi) is 5.44. The zero-order chi connectivity index (χ0) is 12.9. The zero-order valence-corrected chi connectivity index (χ0v) is 11.6. The normalized spacial score (nSPS) is 13.7. The molecule has 0 bridgehead atoms. The van der Waals surface area contributed by atoms with Crippen molar-refractivity contribution in [3.05, 3.63) is 34.9 Å². The summed E-state index contributed by atoms with van der Waals surface area (Å²) in [5.74, 6) is 0. The monoisotopic (exact) mass is 255 g/mol. The van der Waals surface area contributed by atoms with Gasteiger partial charge in [0.05, 0.1) is 0 Å². The van der Waals surface area contributed by atoms with Gasteiger partial charge < -0.3 is 10.4 Å². The number of halogens is 1. The zero-order valence-electron chi connectivity index (χ0n) is 10.8. The third-order valence-electron chi connectivity index (χ3n) is 3.05. The maximum atomic E-state index is 8.98. The van der Waals surface area contributed by atoms with Crippen molar-refractivity contribution in [3.63, 3.8) is 0 Å². The summed E-state index contributed by atoms with van der Waals surface area (Å²) in [5, 5.41) is 13.2. The third-order valence-corrected chi connectivity index (χ3v) is 3.39. The van der Waals surface area contributed by atoms with Crippen LogP contribution in [0.3, 0.4) is 0 Å². The van der Waals surface area contributed by atoms with Gasteiger partial charge in [-0.15, -0.1) is 0 Å². The SMILES string of the molecule is CC(NCC(C)(C)CCO)c1ccccc1Cl. The molecule has 0 fully saturated rings. The van der Waals surface area contributed by atoms with E-state index in [1.165, 1.54) is 0 Å². The minimum Gasteiger partial charge on any atom is -0.396 e. The van der Waals surface area contributed by atoms with E-state index in [0.717, 1.165) is 23.6 Å². The number of aliphatic hydroxyl groups excluding tert-OH is 1. The topological polar surface area (TPSA) is 32.3 Å². The van der Waals surface area contributed by atoms with Crippen molar-refractivity contribution in [2.75, 3.05) is 13.2 Å². The molecule has 0 aliphatic carbocycles. The number of hydrogen-bond acceptors (Lipinski definition) is 2. The van der Waals surface area contributed by atoms with Crippen LogP contribution in [0.4, 0.5) is 0 Å². The standard InChI is InChI=1S/C14H22ClNO/c1-11(12-6-4-5-7-13(12)15)16-10-14(2,3)8-9-17/h4-7,11,16-17H,8-10H2,1-3H3. The number of aliphatic hydroxyl groups is 1. The van der Waals surface area contributed by atoms with Crippen molar-refractivity contribution in [2.24, 2.45) is 5.41 Å². The van der Waals surface area contributed by atoms with E-state index in [-0.39, 0.29) is 18.1 Å². The van der Waals surface area contributed by atoms with Crippen LogP contribution >= 0.6 is 11.6 Å². The van der Waals surface area contributed by atoms with Gasteiger partial charge in [-0.05, 0) is 30.4 Å². The van der Waals surface area contributed by atoms with Crippen LogP contribution in [0.15, 0.2) is 24.3 Å². The summed E-state index contributed by atoms with van der Waals surface area (Å²) in [5.41, 5.74) is 1.22. The Labute approximate surface area is 109 Å². The van der Waals surface area contributed by atoms with E-state index >= 15 is 0 Å². The smallest absolute Gasteiger partial charge is 0.0453 e. The van der Waals surface area contributed by atoms with Gasteiger partial charge in [0.2, 0.25) is 0 Å². The third kappa shape index (κ3) is 4.66. The summed E-state index contributed by atoms with van der Waals surface area (Å²) in [6, 6.07) is 8.11. The van der Waals surface area contributed by atoms with Gasteiger partial charge in [-0.3, -0.25) is 0 Å². The predicted molar refractivity (Wildman–Crippen MR) is 73.4 cm³/mol. The molecule has 0 saturated carbocycles. The molecule has 0 aliphatic rings. The highest BCUT2D eigenvalue weighted by Crippen LogP contribution is 2.24. The first-order chi connectivity index (χ1) is 7.96. The Morgan fingerprint density at radius 3 is 2.59 bits per heavy atom. The number of hydrogen-bond donors (Lipinski definition) is 2. The van der Waals surface area contributed by atoms with Gasteiger partial charge in [-0.25, -0.2) is 0 Å². The van der Waals surface area contributed by atoms with Crippen LogP contribution in [0.1, 0.15) is 38.8 Å². The molecule has 96 valence electrons. The van der Waals surface area contributed by atoms with Crippen molar-refractivity contribution in [1.82, 2.24) is 5.32 Å². The summed E-state index contributed by atoms with van der Waals surface area (Å²) in [4.78, 5) is 0. The van der Waals surface area contributed by atoms with Gasteiger partial charge >= 0.3 is 0 Å². The minimum absolute atomic E-state index is 0.101. The minimum atomic E-state index is 0.101. The van der Waals surface area contributed by atoms with Crippen molar-refractivity contribution in [3.8, 4) is 0 Å². The number of benzene rings is 1. The van der Waals surface area contributed by atoms with Crippen LogP contribution in [0.2, 0.25) is 5.02 Å². The summed E-state index contributed by atoms with van der Waals surface area (Å²) >= 11 is 6.15. The van der Waals surface area contributed by atoms with Crippen LogP contribution < -0.4 is 5.32 Å². The molecule has 17 heavy (non-hydrogen) atoms. The Morgan fingerprint density at radius 1 is 1.35 bits per heavy atom. The van der Waals surface area contributed by atoms with Gasteiger partial charge in [0.15, 0.2) is 0 Å². The van der Waals surface area contributed by atoms with E-state index < -0.39 is 0 Å². The molecule has 3 heteroatoms. The molecule has 0 heterocycles. The second-order valence-electron chi connectivity index (χ2n) is 5.26. The molecule has 1 atom stereocenters. The van der Waals surface area contributed by atoms with E-state index in [1.54, 1.807) is 0 Å². The number of rotatable bonds is 6.